The molecule has 3 rings (SSSR count). The molecule has 1 aromatic rings. The highest BCUT2D eigenvalue weighted by atomic mass is 16.5. The van der Waals surface area contributed by atoms with Gasteiger partial charge in [-0.05, 0) is 19.8 Å². The molecule has 1 saturated carbocycles. The highest BCUT2D eigenvalue weighted by Crippen LogP contribution is 2.39. The SMILES string of the molecule is C[C@H]1OCCN(C(=O)c2cc(C3CC3)no2)[C@@H]1C(N)=O. The number of carbonyl (C=O) groups is 2. The van der Waals surface area contributed by atoms with E-state index in [1.54, 1.807) is 13.0 Å². The first-order valence-corrected chi connectivity index (χ1v) is 6.76. The fourth-order valence-electron chi connectivity index (χ4n) is 2.54. The number of carbonyl (C=O) groups excluding carboxylic acids is 2. The standard InChI is InChI=1S/C13H17N3O4/c1-7-11(12(14)17)16(4-5-19-7)13(18)10-6-9(15-20-10)8-2-3-8/h6-8,11H,2-5H2,1H3,(H2,14,17)/t7-,11+/m1/s1. The Kier molecular flexibility index (Phi) is 3.21. The molecule has 2 N–H and O–H groups in total. The van der Waals surface area contributed by atoms with E-state index in [1.807, 2.05) is 0 Å². The van der Waals surface area contributed by atoms with Gasteiger partial charge in [0.25, 0.3) is 5.91 Å². The summed E-state index contributed by atoms with van der Waals surface area (Å²) in [5.74, 6) is -0.362. The van der Waals surface area contributed by atoms with Gasteiger partial charge in [-0.2, -0.15) is 0 Å². The second-order valence-corrected chi connectivity index (χ2v) is 5.31. The molecule has 0 radical (unpaired) electrons. The third-order valence-electron chi connectivity index (χ3n) is 3.78. The number of ether oxygens (including phenoxy) is 1. The Morgan fingerprint density at radius 3 is 2.85 bits per heavy atom. The van der Waals surface area contributed by atoms with E-state index in [0.717, 1.165) is 18.5 Å². The fourth-order valence-corrected chi connectivity index (χ4v) is 2.54. The Morgan fingerprint density at radius 1 is 1.45 bits per heavy atom. The van der Waals surface area contributed by atoms with E-state index in [-0.39, 0.29) is 11.7 Å². The van der Waals surface area contributed by atoms with Crippen LogP contribution in [0.25, 0.3) is 0 Å². The number of hydrogen-bond acceptors (Lipinski definition) is 5. The molecule has 7 heteroatoms. The minimum Gasteiger partial charge on any atom is -0.374 e. The zero-order valence-corrected chi connectivity index (χ0v) is 11.2. The van der Waals surface area contributed by atoms with Crippen molar-refractivity contribution in [1.29, 1.82) is 0 Å². The average Bonchev–Trinajstić information content (AvgIpc) is 3.15. The van der Waals surface area contributed by atoms with Crippen LogP contribution in [0.5, 0.6) is 0 Å². The summed E-state index contributed by atoms with van der Waals surface area (Å²) in [7, 11) is 0. The zero-order chi connectivity index (χ0) is 14.3. The van der Waals surface area contributed by atoms with Gasteiger partial charge in [0, 0.05) is 18.5 Å². The summed E-state index contributed by atoms with van der Waals surface area (Å²) in [6, 6.07) is 0.892. The van der Waals surface area contributed by atoms with Crippen LogP contribution in [0.1, 0.15) is 41.9 Å². The van der Waals surface area contributed by atoms with Crippen molar-refractivity contribution in [1.82, 2.24) is 10.1 Å². The van der Waals surface area contributed by atoms with Crippen molar-refractivity contribution in [2.24, 2.45) is 5.73 Å². The molecule has 0 bridgehead atoms. The van der Waals surface area contributed by atoms with Gasteiger partial charge in [0.15, 0.2) is 0 Å². The van der Waals surface area contributed by atoms with Crippen LogP contribution in [0.2, 0.25) is 0 Å². The third-order valence-corrected chi connectivity index (χ3v) is 3.78. The molecule has 1 aliphatic carbocycles. The summed E-state index contributed by atoms with van der Waals surface area (Å²) >= 11 is 0. The summed E-state index contributed by atoms with van der Waals surface area (Å²) < 4.78 is 10.5. The van der Waals surface area contributed by atoms with Gasteiger partial charge < -0.3 is 19.9 Å². The minimum atomic E-state index is -0.772. The summed E-state index contributed by atoms with van der Waals surface area (Å²) in [6.07, 6.45) is 1.74. The summed E-state index contributed by atoms with van der Waals surface area (Å²) in [5, 5.41) is 3.91. The van der Waals surface area contributed by atoms with Crippen molar-refractivity contribution < 1.29 is 18.8 Å². The highest BCUT2D eigenvalue weighted by Gasteiger charge is 2.39. The number of primary amides is 1. The van der Waals surface area contributed by atoms with Crippen LogP contribution in [0.3, 0.4) is 0 Å². The van der Waals surface area contributed by atoms with Crippen LogP contribution in [0.15, 0.2) is 10.6 Å². The Hall–Kier alpha value is -1.89. The van der Waals surface area contributed by atoms with Gasteiger partial charge in [0.2, 0.25) is 11.7 Å². The lowest BCUT2D eigenvalue weighted by molar-refractivity contribution is -0.132. The van der Waals surface area contributed by atoms with Crippen LogP contribution >= 0.6 is 0 Å². The van der Waals surface area contributed by atoms with Crippen molar-refractivity contribution in [2.45, 2.75) is 37.8 Å². The third kappa shape index (κ3) is 2.29. The lowest BCUT2D eigenvalue weighted by Gasteiger charge is -2.37. The van der Waals surface area contributed by atoms with Gasteiger partial charge in [-0.1, -0.05) is 5.16 Å². The van der Waals surface area contributed by atoms with Crippen molar-refractivity contribution in [3.05, 3.63) is 17.5 Å². The Morgan fingerprint density at radius 2 is 2.20 bits per heavy atom. The Bertz CT molecular complexity index is 537. The molecule has 0 unspecified atom stereocenters. The minimum absolute atomic E-state index is 0.159. The smallest absolute Gasteiger partial charge is 0.293 e. The molecule has 2 aliphatic rings. The normalized spacial score (nSPS) is 26.6. The molecule has 2 amide bonds. The van der Waals surface area contributed by atoms with Crippen LogP contribution < -0.4 is 5.73 Å². The maximum atomic E-state index is 12.4. The molecular formula is C13H17N3O4. The van der Waals surface area contributed by atoms with Crippen LogP contribution in [-0.4, -0.2) is 47.2 Å². The fraction of sp³-hybridized carbons (Fsp3) is 0.615. The Labute approximate surface area is 116 Å². The van der Waals surface area contributed by atoms with E-state index in [4.69, 9.17) is 15.0 Å². The average molecular weight is 279 g/mol. The largest absolute Gasteiger partial charge is 0.374 e. The first-order valence-electron chi connectivity index (χ1n) is 6.76. The summed E-state index contributed by atoms with van der Waals surface area (Å²) in [4.78, 5) is 25.4. The van der Waals surface area contributed by atoms with Gasteiger partial charge >= 0.3 is 0 Å². The molecule has 1 saturated heterocycles. The van der Waals surface area contributed by atoms with Crippen LogP contribution in [0, 0.1) is 0 Å². The quantitative estimate of drug-likeness (QED) is 0.856. The van der Waals surface area contributed by atoms with E-state index < -0.39 is 18.1 Å². The molecule has 20 heavy (non-hydrogen) atoms. The number of morpholine rings is 1. The molecule has 0 aromatic carbocycles. The van der Waals surface area contributed by atoms with Gasteiger partial charge in [-0.15, -0.1) is 0 Å². The predicted octanol–water partition coefficient (Wildman–Crippen LogP) is 0.267. The molecule has 2 heterocycles. The number of rotatable bonds is 3. The maximum Gasteiger partial charge on any atom is 0.293 e. The Balaban J connectivity index is 1.81. The number of amides is 2. The van der Waals surface area contributed by atoms with Crippen molar-refractivity contribution >= 4 is 11.8 Å². The zero-order valence-electron chi connectivity index (χ0n) is 11.2. The number of nitrogens with zero attached hydrogens (tertiary/aromatic N) is 2. The number of hydrogen-bond donors (Lipinski definition) is 1. The second-order valence-electron chi connectivity index (χ2n) is 5.31. The van der Waals surface area contributed by atoms with Gasteiger partial charge in [-0.3, -0.25) is 9.59 Å². The number of aromatic nitrogens is 1. The molecule has 2 atom stereocenters. The molecular weight excluding hydrogens is 262 g/mol. The summed E-state index contributed by atoms with van der Waals surface area (Å²) in [6.45, 7) is 2.42. The van der Waals surface area contributed by atoms with Crippen LogP contribution in [0.4, 0.5) is 0 Å². The molecule has 2 fully saturated rings. The first-order chi connectivity index (χ1) is 9.58. The van der Waals surface area contributed by atoms with Crippen molar-refractivity contribution in [3.8, 4) is 0 Å². The van der Waals surface area contributed by atoms with E-state index >= 15 is 0 Å². The summed E-state index contributed by atoms with van der Waals surface area (Å²) in [5.41, 5.74) is 6.18. The van der Waals surface area contributed by atoms with Gasteiger partial charge in [-0.25, -0.2) is 0 Å². The molecule has 1 aromatic heterocycles. The van der Waals surface area contributed by atoms with E-state index in [9.17, 15) is 9.59 Å². The number of nitrogens with two attached hydrogens (primary N) is 1. The van der Waals surface area contributed by atoms with Crippen molar-refractivity contribution in [3.63, 3.8) is 0 Å². The molecule has 0 spiro atoms. The first kappa shape index (κ1) is 13.1. The highest BCUT2D eigenvalue weighted by molar-refractivity contribution is 5.95. The molecule has 1 aliphatic heterocycles. The van der Waals surface area contributed by atoms with Gasteiger partial charge in [0.05, 0.1) is 18.4 Å². The monoisotopic (exact) mass is 279 g/mol. The van der Waals surface area contributed by atoms with E-state index in [1.165, 1.54) is 4.90 Å². The molecule has 7 nitrogen and oxygen atoms in total. The van der Waals surface area contributed by atoms with Crippen molar-refractivity contribution in [2.75, 3.05) is 13.2 Å². The molecule has 108 valence electrons. The van der Waals surface area contributed by atoms with E-state index in [0.29, 0.717) is 19.1 Å². The van der Waals surface area contributed by atoms with Gasteiger partial charge in [0.1, 0.15) is 6.04 Å². The second kappa shape index (κ2) is 4.90. The predicted molar refractivity (Wildman–Crippen MR) is 67.9 cm³/mol. The lowest BCUT2D eigenvalue weighted by atomic mass is 10.1. The van der Waals surface area contributed by atoms with E-state index in [2.05, 4.69) is 5.16 Å². The topological polar surface area (TPSA) is 98.7 Å². The maximum absolute atomic E-state index is 12.4. The van der Waals surface area contributed by atoms with Crippen LogP contribution in [-0.2, 0) is 9.53 Å². The lowest BCUT2D eigenvalue weighted by Crippen LogP contribution is -2.58.